The van der Waals surface area contributed by atoms with Gasteiger partial charge in [0.15, 0.2) is 0 Å². The van der Waals surface area contributed by atoms with Gasteiger partial charge in [0.05, 0.1) is 17.3 Å². The third-order valence-electron chi connectivity index (χ3n) is 6.18. The number of carbonyl (C=O) groups is 2. The second-order valence-electron chi connectivity index (χ2n) is 9.64. The number of phenols is 1. The maximum Gasteiger partial charge on any atom is 0.300 e. The molecule has 1 fully saturated rings. The van der Waals surface area contributed by atoms with Crippen LogP contribution in [-0.4, -0.2) is 21.9 Å². The Morgan fingerprint density at radius 2 is 1.60 bits per heavy atom. The average molecular weight is 478 g/mol. The van der Waals surface area contributed by atoms with Crippen LogP contribution in [0.4, 0.5) is 14.5 Å². The number of hydrogen-bond acceptors (Lipinski definition) is 4. The smallest absolute Gasteiger partial charge is 0.300 e. The lowest BCUT2D eigenvalue weighted by Gasteiger charge is -2.26. The minimum absolute atomic E-state index is 0.0589. The monoisotopic (exact) mass is 477 g/mol. The van der Waals surface area contributed by atoms with Crippen LogP contribution in [0.25, 0.3) is 5.76 Å². The third kappa shape index (κ3) is 4.30. The summed E-state index contributed by atoms with van der Waals surface area (Å²) in [7, 11) is 0. The zero-order valence-corrected chi connectivity index (χ0v) is 19.8. The van der Waals surface area contributed by atoms with Crippen LogP contribution in [0.1, 0.15) is 49.1 Å². The summed E-state index contributed by atoms with van der Waals surface area (Å²) in [5.41, 5.74) is 1.33. The van der Waals surface area contributed by atoms with Crippen molar-refractivity contribution in [2.45, 2.75) is 39.2 Å². The minimum Gasteiger partial charge on any atom is -0.508 e. The van der Waals surface area contributed by atoms with E-state index in [2.05, 4.69) is 0 Å². The van der Waals surface area contributed by atoms with Crippen molar-refractivity contribution in [3.63, 3.8) is 0 Å². The quantitative estimate of drug-likeness (QED) is 0.280. The number of hydrogen-bond donors (Lipinski definition) is 2. The molecular formula is C28H25F2NO4. The van der Waals surface area contributed by atoms with Crippen LogP contribution in [0.2, 0.25) is 0 Å². The van der Waals surface area contributed by atoms with Gasteiger partial charge in [-0.25, -0.2) is 8.78 Å². The lowest BCUT2D eigenvalue weighted by molar-refractivity contribution is -0.132. The fourth-order valence-electron chi connectivity index (χ4n) is 4.21. The van der Waals surface area contributed by atoms with Crippen LogP contribution in [0.3, 0.4) is 0 Å². The summed E-state index contributed by atoms with van der Waals surface area (Å²) in [5.74, 6) is -4.28. The van der Waals surface area contributed by atoms with E-state index in [1.807, 2.05) is 32.9 Å². The molecule has 1 atom stereocenters. The minimum atomic E-state index is -1.25. The van der Waals surface area contributed by atoms with E-state index in [0.717, 1.165) is 28.7 Å². The van der Waals surface area contributed by atoms with Crippen LogP contribution in [0.5, 0.6) is 5.75 Å². The SMILES string of the molecule is Cc1ccc(C(C)(C)C)cc1/C(O)=C1\C(=O)C(=O)N(c2cc(F)ccc2F)C1c1ccc(O)cc1. The van der Waals surface area contributed by atoms with Gasteiger partial charge >= 0.3 is 0 Å². The molecule has 1 amide bonds. The molecule has 4 rings (SSSR count). The highest BCUT2D eigenvalue weighted by atomic mass is 19.1. The third-order valence-corrected chi connectivity index (χ3v) is 6.18. The predicted molar refractivity (Wildman–Crippen MR) is 129 cm³/mol. The molecule has 0 bridgehead atoms. The summed E-state index contributed by atoms with van der Waals surface area (Å²) < 4.78 is 28.8. The van der Waals surface area contributed by atoms with Crippen molar-refractivity contribution >= 4 is 23.1 Å². The van der Waals surface area contributed by atoms with E-state index < -0.39 is 40.8 Å². The molecule has 1 heterocycles. The Balaban J connectivity index is 2.01. The van der Waals surface area contributed by atoms with Gasteiger partial charge in [-0.2, -0.15) is 0 Å². The molecule has 35 heavy (non-hydrogen) atoms. The van der Waals surface area contributed by atoms with Crippen molar-refractivity contribution in [2.24, 2.45) is 0 Å². The summed E-state index contributed by atoms with van der Waals surface area (Å²) in [4.78, 5) is 27.3. The van der Waals surface area contributed by atoms with Gasteiger partial charge in [-0.05, 0) is 59.4 Å². The summed E-state index contributed by atoms with van der Waals surface area (Å²) in [5, 5.41) is 21.2. The highest BCUT2D eigenvalue weighted by Crippen LogP contribution is 2.44. The van der Waals surface area contributed by atoms with Crippen LogP contribution in [0.15, 0.2) is 66.2 Å². The number of rotatable bonds is 3. The van der Waals surface area contributed by atoms with Gasteiger partial charge in [0.2, 0.25) is 0 Å². The number of ketones is 1. The highest BCUT2D eigenvalue weighted by molar-refractivity contribution is 6.51. The molecule has 0 aliphatic carbocycles. The number of carbonyl (C=O) groups excluding carboxylic acids is 2. The Morgan fingerprint density at radius 3 is 2.23 bits per heavy atom. The molecule has 2 N–H and O–H groups in total. The maximum atomic E-state index is 14.8. The number of anilines is 1. The van der Waals surface area contributed by atoms with Gasteiger partial charge in [-0.3, -0.25) is 14.5 Å². The number of halogens is 2. The van der Waals surface area contributed by atoms with E-state index in [4.69, 9.17) is 0 Å². The second-order valence-corrected chi connectivity index (χ2v) is 9.64. The molecule has 3 aromatic rings. The van der Waals surface area contributed by atoms with E-state index in [-0.39, 0.29) is 16.7 Å². The second kappa shape index (κ2) is 8.65. The van der Waals surface area contributed by atoms with Gasteiger partial charge in [-0.1, -0.05) is 45.0 Å². The molecule has 0 saturated carbocycles. The fourth-order valence-corrected chi connectivity index (χ4v) is 4.21. The number of Topliss-reactive ketones (excluding diaryl/α,β-unsaturated/α-hetero) is 1. The number of aliphatic hydroxyl groups is 1. The first-order valence-corrected chi connectivity index (χ1v) is 11.1. The molecule has 1 saturated heterocycles. The molecule has 0 spiro atoms. The Kier molecular flexibility index (Phi) is 5.97. The average Bonchev–Trinajstić information content (AvgIpc) is 3.05. The number of aromatic hydroxyl groups is 1. The molecule has 3 aromatic carbocycles. The Bertz CT molecular complexity index is 1370. The van der Waals surface area contributed by atoms with Crippen molar-refractivity contribution < 1.29 is 28.6 Å². The van der Waals surface area contributed by atoms with Gasteiger partial charge in [-0.15, -0.1) is 0 Å². The summed E-state index contributed by atoms with van der Waals surface area (Å²) in [6.07, 6.45) is 0. The van der Waals surface area contributed by atoms with E-state index in [1.54, 1.807) is 13.0 Å². The fraction of sp³-hybridized carbons (Fsp3) is 0.214. The molecule has 1 aliphatic heterocycles. The standard InChI is InChI=1S/C28H25F2NO4/c1-15-5-8-17(28(2,3)4)13-20(15)25(33)23-24(16-6-10-19(32)11-7-16)31(27(35)26(23)34)22-14-18(29)9-12-21(22)30/h5-14,24,32-33H,1-4H3/b25-23+. The van der Waals surface area contributed by atoms with Crippen molar-refractivity contribution in [3.05, 3.63) is 100 Å². The van der Waals surface area contributed by atoms with E-state index in [1.165, 1.54) is 24.3 Å². The lowest BCUT2D eigenvalue weighted by Crippen LogP contribution is -2.30. The number of aliphatic hydroxyl groups excluding tert-OH is 1. The van der Waals surface area contributed by atoms with Crippen molar-refractivity contribution in [1.82, 2.24) is 0 Å². The number of benzene rings is 3. The number of nitrogens with zero attached hydrogens (tertiary/aromatic N) is 1. The number of amides is 1. The van der Waals surface area contributed by atoms with Crippen LogP contribution in [-0.2, 0) is 15.0 Å². The number of phenolic OH excluding ortho intramolecular Hbond substituents is 1. The predicted octanol–water partition coefficient (Wildman–Crippen LogP) is 5.90. The first kappa shape index (κ1) is 24.1. The lowest BCUT2D eigenvalue weighted by atomic mass is 9.84. The molecule has 1 aliphatic rings. The number of aryl methyl sites for hydroxylation is 1. The Labute approximate surface area is 202 Å². The summed E-state index contributed by atoms with van der Waals surface area (Å²) >= 11 is 0. The van der Waals surface area contributed by atoms with Gasteiger partial charge < -0.3 is 10.2 Å². The zero-order valence-electron chi connectivity index (χ0n) is 19.8. The summed E-state index contributed by atoms with van der Waals surface area (Å²) in [6, 6.07) is 12.5. The van der Waals surface area contributed by atoms with E-state index in [9.17, 15) is 28.6 Å². The zero-order chi connectivity index (χ0) is 25.7. The van der Waals surface area contributed by atoms with Crippen molar-refractivity contribution in [3.8, 4) is 5.75 Å². The Hall–Kier alpha value is -4.00. The Morgan fingerprint density at radius 1 is 0.943 bits per heavy atom. The molecule has 0 aromatic heterocycles. The van der Waals surface area contributed by atoms with Crippen molar-refractivity contribution in [1.29, 1.82) is 0 Å². The molecule has 7 heteroatoms. The van der Waals surface area contributed by atoms with Crippen LogP contribution in [0, 0.1) is 18.6 Å². The van der Waals surface area contributed by atoms with Crippen LogP contribution < -0.4 is 4.90 Å². The first-order chi connectivity index (χ1) is 16.4. The molecule has 180 valence electrons. The normalized spacial score (nSPS) is 17.8. The van der Waals surface area contributed by atoms with E-state index in [0.29, 0.717) is 16.7 Å². The molecule has 1 unspecified atom stereocenters. The molecule has 5 nitrogen and oxygen atoms in total. The first-order valence-electron chi connectivity index (χ1n) is 11.1. The molecule has 0 radical (unpaired) electrons. The van der Waals surface area contributed by atoms with Gasteiger partial charge in [0.25, 0.3) is 11.7 Å². The largest absolute Gasteiger partial charge is 0.508 e. The topological polar surface area (TPSA) is 77.8 Å². The van der Waals surface area contributed by atoms with E-state index >= 15 is 0 Å². The van der Waals surface area contributed by atoms with Crippen molar-refractivity contribution in [2.75, 3.05) is 4.90 Å². The van der Waals surface area contributed by atoms with Gasteiger partial charge in [0.1, 0.15) is 23.1 Å². The highest BCUT2D eigenvalue weighted by Gasteiger charge is 2.48. The summed E-state index contributed by atoms with van der Waals surface area (Å²) in [6.45, 7) is 7.77. The maximum absolute atomic E-state index is 14.8. The van der Waals surface area contributed by atoms with Crippen LogP contribution >= 0.6 is 0 Å². The molecular weight excluding hydrogens is 452 g/mol. The van der Waals surface area contributed by atoms with Gasteiger partial charge in [0, 0.05) is 11.6 Å².